The molecule has 2 nitrogen and oxygen atoms in total. The van der Waals surface area contributed by atoms with Gasteiger partial charge in [-0.15, -0.1) is 0 Å². The molecule has 1 saturated carbocycles. The molecule has 3 heteroatoms. The van der Waals surface area contributed by atoms with Crippen LogP contribution in [0.4, 0.5) is 4.39 Å². The average molecular weight is 293 g/mol. The minimum absolute atomic E-state index is 0.188. The molecule has 0 radical (unpaired) electrons. The normalized spacial score (nSPS) is 25.8. The summed E-state index contributed by atoms with van der Waals surface area (Å²) >= 11 is 0. The molecule has 1 N–H and O–H groups in total. The molecule has 0 aromatic heterocycles. The van der Waals surface area contributed by atoms with E-state index in [0.29, 0.717) is 17.7 Å². The van der Waals surface area contributed by atoms with Crippen molar-refractivity contribution in [3.8, 4) is 5.75 Å². The summed E-state index contributed by atoms with van der Waals surface area (Å²) in [6.07, 6.45) is 5.61. The van der Waals surface area contributed by atoms with Gasteiger partial charge in [0.05, 0.1) is 7.11 Å². The lowest BCUT2D eigenvalue weighted by molar-refractivity contribution is 0.211. The van der Waals surface area contributed by atoms with Gasteiger partial charge in [0.15, 0.2) is 11.6 Å². The largest absolute Gasteiger partial charge is 0.494 e. The maximum Gasteiger partial charge on any atom is 0.168 e. The number of hydrogen-bond acceptors (Lipinski definition) is 2. The van der Waals surface area contributed by atoms with Gasteiger partial charge >= 0.3 is 0 Å². The van der Waals surface area contributed by atoms with Crippen molar-refractivity contribution in [3.05, 3.63) is 29.6 Å². The Labute approximate surface area is 128 Å². The topological polar surface area (TPSA) is 21.3 Å². The van der Waals surface area contributed by atoms with Crippen LogP contribution < -0.4 is 10.1 Å². The van der Waals surface area contributed by atoms with Gasteiger partial charge in [-0.05, 0) is 62.1 Å². The predicted molar refractivity (Wildman–Crippen MR) is 85.2 cm³/mol. The molecule has 2 rings (SSSR count). The molecule has 1 fully saturated rings. The van der Waals surface area contributed by atoms with Crippen molar-refractivity contribution in [1.82, 2.24) is 5.32 Å². The van der Waals surface area contributed by atoms with Crippen molar-refractivity contribution in [3.63, 3.8) is 0 Å². The molecule has 1 aliphatic rings. The van der Waals surface area contributed by atoms with E-state index >= 15 is 0 Å². The first-order chi connectivity index (χ1) is 10.2. The van der Waals surface area contributed by atoms with Gasteiger partial charge in [-0.2, -0.15) is 0 Å². The lowest BCUT2D eigenvalue weighted by atomic mass is 9.76. The maximum atomic E-state index is 14.4. The fourth-order valence-corrected chi connectivity index (χ4v) is 3.48. The van der Waals surface area contributed by atoms with Crippen LogP contribution in [-0.2, 0) is 6.42 Å². The van der Waals surface area contributed by atoms with Crippen LogP contribution in [0.1, 0.15) is 45.1 Å². The molecule has 3 unspecified atom stereocenters. The van der Waals surface area contributed by atoms with E-state index in [9.17, 15) is 4.39 Å². The lowest BCUT2D eigenvalue weighted by Crippen LogP contribution is -2.41. The Balaban J connectivity index is 2.10. The van der Waals surface area contributed by atoms with Crippen LogP contribution in [0.15, 0.2) is 18.2 Å². The molecule has 0 amide bonds. The highest BCUT2D eigenvalue weighted by atomic mass is 19.1. The third-order valence-electron chi connectivity index (χ3n) is 4.65. The quantitative estimate of drug-likeness (QED) is 0.849. The van der Waals surface area contributed by atoms with Gasteiger partial charge in [-0.3, -0.25) is 0 Å². The van der Waals surface area contributed by atoms with Crippen molar-refractivity contribution in [2.45, 2.75) is 52.0 Å². The zero-order valence-corrected chi connectivity index (χ0v) is 13.5. The van der Waals surface area contributed by atoms with Gasteiger partial charge in [0, 0.05) is 6.04 Å². The summed E-state index contributed by atoms with van der Waals surface area (Å²) in [5.41, 5.74) is 0.789. The molecular formula is C18H28FNO. The molecule has 0 aliphatic heterocycles. The Hall–Kier alpha value is -1.09. The number of benzene rings is 1. The minimum atomic E-state index is -0.188. The van der Waals surface area contributed by atoms with Crippen LogP contribution in [0.5, 0.6) is 5.75 Å². The summed E-state index contributed by atoms with van der Waals surface area (Å²) in [6.45, 7) is 5.55. The number of nitrogens with one attached hydrogen (secondary N) is 1. The van der Waals surface area contributed by atoms with E-state index in [4.69, 9.17) is 4.74 Å². The molecule has 0 heterocycles. The van der Waals surface area contributed by atoms with Gasteiger partial charge in [0.25, 0.3) is 0 Å². The Morgan fingerprint density at radius 2 is 2.14 bits per heavy atom. The smallest absolute Gasteiger partial charge is 0.168 e. The van der Waals surface area contributed by atoms with E-state index in [1.54, 1.807) is 6.07 Å². The fourth-order valence-electron chi connectivity index (χ4n) is 3.48. The zero-order valence-electron chi connectivity index (χ0n) is 13.5. The summed E-state index contributed by atoms with van der Waals surface area (Å²) in [5, 5.41) is 3.66. The predicted octanol–water partition coefficient (Wildman–Crippen LogP) is 4.18. The standard InChI is InChI=1S/C18H28FNO/c1-4-10-20-16-9-8-13(2)11-15(16)12-14-6-5-7-17(21-3)18(14)19/h5-7,13,15-16,20H,4,8-12H2,1-3H3. The first-order valence-electron chi connectivity index (χ1n) is 8.20. The Morgan fingerprint density at radius 1 is 1.33 bits per heavy atom. The summed E-state index contributed by atoms with van der Waals surface area (Å²) in [4.78, 5) is 0. The molecule has 3 atom stereocenters. The fraction of sp³-hybridized carbons (Fsp3) is 0.667. The van der Waals surface area contributed by atoms with Crippen molar-refractivity contribution in [1.29, 1.82) is 0 Å². The van der Waals surface area contributed by atoms with Gasteiger partial charge < -0.3 is 10.1 Å². The van der Waals surface area contributed by atoms with Gasteiger partial charge in [0.1, 0.15) is 0 Å². The Bertz CT molecular complexity index is 447. The highest BCUT2D eigenvalue weighted by Gasteiger charge is 2.29. The average Bonchev–Trinajstić information content (AvgIpc) is 2.48. The zero-order chi connectivity index (χ0) is 15.2. The molecule has 118 valence electrons. The second-order valence-corrected chi connectivity index (χ2v) is 6.38. The molecular weight excluding hydrogens is 265 g/mol. The van der Waals surface area contributed by atoms with E-state index in [1.807, 2.05) is 12.1 Å². The first-order valence-corrected chi connectivity index (χ1v) is 8.20. The summed E-state index contributed by atoms with van der Waals surface area (Å²) in [7, 11) is 1.52. The van der Waals surface area contributed by atoms with Gasteiger partial charge in [0.2, 0.25) is 0 Å². The van der Waals surface area contributed by atoms with Crippen molar-refractivity contribution >= 4 is 0 Å². The monoisotopic (exact) mass is 293 g/mol. The molecule has 0 bridgehead atoms. The molecule has 0 saturated heterocycles. The van der Waals surface area contributed by atoms with E-state index < -0.39 is 0 Å². The second kappa shape index (κ2) is 7.79. The van der Waals surface area contributed by atoms with E-state index in [2.05, 4.69) is 19.2 Å². The molecule has 1 aliphatic carbocycles. The SMILES string of the molecule is CCCNC1CCC(C)CC1Cc1cccc(OC)c1F. The van der Waals surface area contributed by atoms with Crippen LogP contribution in [0.2, 0.25) is 0 Å². The summed E-state index contributed by atoms with van der Waals surface area (Å²) < 4.78 is 19.5. The minimum Gasteiger partial charge on any atom is -0.494 e. The van der Waals surface area contributed by atoms with E-state index in [1.165, 1.54) is 26.4 Å². The third-order valence-corrected chi connectivity index (χ3v) is 4.65. The maximum absolute atomic E-state index is 14.4. The van der Waals surface area contributed by atoms with Crippen LogP contribution in [0, 0.1) is 17.7 Å². The van der Waals surface area contributed by atoms with Crippen molar-refractivity contribution < 1.29 is 9.13 Å². The number of halogens is 1. The molecule has 1 aromatic carbocycles. The van der Waals surface area contributed by atoms with Gasteiger partial charge in [-0.25, -0.2) is 4.39 Å². The lowest BCUT2D eigenvalue weighted by Gasteiger charge is -2.36. The highest BCUT2D eigenvalue weighted by molar-refractivity contribution is 5.31. The summed E-state index contributed by atoms with van der Waals surface area (Å²) in [6, 6.07) is 5.99. The van der Waals surface area contributed by atoms with Gasteiger partial charge in [-0.1, -0.05) is 26.0 Å². The van der Waals surface area contributed by atoms with E-state index in [-0.39, 0.29) is 5.82 Å². The molecule has 21 heavy (non-hydrogen) atoms. The van der Waals surface area contributed by atoms with Crippen LogP contribution in [0.25, 0.3) is 0 Å². The number of rotatable bonds is 6. The number of hydrogen-bond donors (Lipinski definition) is 1. The highest BCUT2D eigenvalue weighted by Crippen LogP contribution is 2.33. The van der Waals surface area contributed by atoms with Crippen LogP contribution in [0.3, 0.4) is 0 Å². The molecule has 0 spiro atoms. The third kappa shape index (κ3) is 4.19. The van der Waals surface area contributed by atoms with Crippen LogP contribution in [-0.4, -0.2) is 19.7 Å². The number of ether oxygens (including phenoxy) is 1. The first kappa shape index (κ1) is 16.3. The summed E-state index contributed by atoms with van der Waals surface area (Å²) in [5.74, 6) is 1.42. The molecule has 1 aromatic rings. The number of methoxy groups -OCH3 is 1. The Morgan fingerprint density at radius 3 is 2.86 bits per heavy atom. The van der Waals surface area contributed by atoms with Crippen molar-refractivity contribution in [2.24, 2.45) is 11.8 Å². The van der Waals surface area contributed by atoms with E-state index in [0.717, 1.165) is 30.9 Å². The van der Waals surface area contributed by atoms with Crippen LogP contribution >= 0.6 is 0 Å². The van der Waals surface area contributed by atoms with Crippen molar-refractivity contribution in [2.75, 3.05) is 13.7 Å². The second-order valence-electron chi connectivity index (χ2n) is 6.38. The Kier molecular flexibility index (Phi) is 6.04.